The van der Waals surface area contributed by atoms with Crippen molar-refractivity contribution in [2.24, 2.45) is 11.8 Å². The Hall–Kier alpha value is -0.0800. The van der Waals surface area contributed by atoms with Crippen molar-refractivity contribution in [3.8, 4) is 0 Å². The fraction of sp³-hybridized carbons (Fsp3) is 1.00. The third kappa shape index (κ3) is 4.59. The smallest absolute Gasteiger partial charge is 0.00900 e. The van der Waals surface area contributed by atoms with Crippen molar-refractivity contribution in [1.82, 2.24) is 10.2 Å². The van der Waals surface area contributed by atoms with Gasteiger partial charge < -0.3 is 10.2 Å². The van der Waals surface area contributed by atoms with Crippen molar-refractivity contribution >= 4 is 0 Å². The highest BCUT2D eigenvalue weighted by molar-refractivity contribution is 4.83. The Kier molecular flexibility index (Phi) is 6.50. The number of likely N-dealkylation sites (tertiary alicyclic amines) is 1. The molecule has 1 N–H and O–H groups in total. The first-order chi connectivity index (χ1) is 8.08. The molecule has 2 nitrogen and oxygen atoms in total. The molecule has 1 fully saturated rings. The van der Waals surface area contributed by atoms with Crippen LogP contribution in [0.25, 0.3) is 0 Å². The van der Waals surface area contributed by atoms with E-state index < -0.39 is 0 Å². The Bertz CT molecular complexity index is 203. The van der Waals surface area contributed by atoms with Crippen LogP contribution >= 0.6 is 0 Å². The van der Waals surface area contributed by atoms with Gasteiger partial charge in [-0.1, -0.05) is 27.7 Å². The summed E-state index contributed by atoms with van der Waals surface area (Å²) in [6.45, 7) is 15.4. The van der Waals surface area contributed by atoms with Gasteiger partial charge >= 0.3 is 0 Å². The van der Waals surface area contributed by atoms with Gasteiger partial charge in [0, 0.05) is 18.6 Å². The van der Waals surface area contributed by atoms with E-state index in [4.69, 9.17) is 0 Å². The molecule has 0 spiro atoms. The molecule has 0 bridgehead atoms. The Morgan fingerprint density at radius 3 is 2.47 bits per heavy atom. The van der Waals surface area contributed by atoms with E-state index in [1.54, 1.807) is 0 Å². The second-order valence-corrected chi connectivity index (χ2v) is 6.01. The summed E-state index contributed by atoms with van der Waals surface area (Å²) in [5.74, 6) is 1.59. The minimum atomic E-state index is 0.664. The molecule has 0 saturated carbocycles. The van der Waals surface area contributed by atoms with Gasteiger partial charge in [0.25, 0.3) is 0 Å². The van der Waals surface area contributed by atoms with Crippen LogP contribution in [0.1, 0.15) is 53.9 Å². The van der Waals surface area contributed by atoms with Crippen molar-refractivity contribution in [3.05, 3.63) is 0 Å². The summed E-state index contributed by atoms with van der Waals surface area (Å²) < 4.78 is 0. The first-order valence-electron chi connectivity index (χ1n) is 7.56. The third-order valence-corrected chi connectivity index (χ3v) is 4.42. The van der Waals surface area contributed by atoms with E-state index in [-0.39, 0.29) is 0 Å². The van der Waals surface area contributed by atoms with Crippen LogP contribution in [0.4, 0.5) is 0 Å². The van der Waals surface area contributed by atoms with Gasteiger partial charge in [-0.3, -0.25) is 0 Å². The Balaban J connectivity index is 2.42. The van der Waals surface area contributed by atoms with E-state index in [0.717, 1.165) is 11.8 Å². The summed E-state index contributed by atoms with van der Waals surface area (Å²) in [5, 5.41) is 3.85. The van der Waals surface area contributed by atoms with E-state index in [1.807, 2.05) is 0 Å². The number of piperidine rings is 1. The van der Waals surface area contributed by atoms with Crippen molar-refractivity contribution in [2.45, 2.75) is 66.0 Å². The predicted octanol–water partition coefficient (Wildman–Crippen LogP) is 3.13. The van der Waals surface area contributed by atoms with E-state index in [0.29, 0.717) is 12.1 Å². The van der Waals surface area contributed by atoms with Crippen molar-refractivity contribution in [3.63, 3.8) is 0 Å². The zero-order valence-corrected chi connectivity index (χ0v) is 12.5. The molecule has 0 amide bonds. The average Bonchev–Trinajstić information content (AvgIpc) is 2.35. The molecule has 0 aliphatic carbocycles. The van der Waals surface area contributed by atoms with E-state index in [2.05, 4.69) is 44.8 Å². The second-order valence-electron chi connectivity index (χ2n) is 6.01. The van der Waals surface area contributed by atoms with Crippen LogP contribution in [0, 0.1) is 11.8 Å². The summed E-state index contributed by atoms with van der Waals surface area (Å²) in [7, 11) is 0. The summed E-state index contributed by atoms with van der Waals surface area (Å²) in [5.41, 5.74) is 0. The maximum absolute atomic E-state index is 3.85. The SMILES string of the molecule is CCC(NC(C)C1CCCN(CC)C1)C(C)C. The van der Waals surface area contributed by atoms with Crippen LogP contribution < -0.4 is 5.32 Å². The first-order valence-corrected chi connectivity index (χ1v) is 7.56. The van der Waals surface area contributed by atoms with E-state index in [1.165, 1.54) is 38.9 Å². The van der Waals surface area contributed by atoms with Crippen molar-refractivity contribution < 1.29 is 0 Å². The molecule has 0 radical (unpaired) electrons. The Labute approximate surface area is 108 Å². The number of nitrogens with one attached hydrogen (secondary N) is 1. The van der Waals surface area contributed by atoms with Crippen LogP contribution in [0.15, 0.2) is 0 Å². The highest BCUT2D eigenvalue weighted by Crippen LogP contribution is 2.20. The van der Waals surface area contributed by atoms with Gasteiger partial charge in [-0.05, 0) is 51.1 Å². The monoisotopic (exact) mass is 240 g/mol. The highest BCUT2D eigenvalue weighted by Gasteiger charge is 2.25. The largest absolute Gasteiger partial charge is 0.311 e. The van der Waals surface area contributed by atoms with Gasteiger partial charge in [-0.15, -0.1) is 0 Å². The molecule has 1 aliphatic heterocycles. The molecule has 1 saturated heterocycles. The predicted molar refractivity (Wildman–Crippen MR) is 76.4 cm³/mol. The molecule has 3 atom stereocenters. The minimum absolute atomic E-state index is 0.664. The van der Waals surface area contributed by atoms with Crippen molar-refractivity contribution in [2.75, 3.05) is 19.6 Å². The molecule has 1 rings (SSSR count). The molecule has 1 heterocycles. The fourth-order valence-electron chi connectivity index (χ4n) is 3.04. The molecule has 17 heavy (non-hydrogen) atoms. The van der Waals surface area contributed by atoms with Crippen molar-refractivity contribution in [1.29, 1.82) is 0 Å². The molecular formula is C15H32N2. The standard InChI is InChI=1S/C15H32N2/c1-6-15(12(3)4)16-13(5)14-9-8-10-17(7-2)11-14/h12-16H,6-11H2,1-5H3. The lowest BCUT2D eigenvalue weighted by Crippen LogP contribution is -2.48. The zero-order valence-electron chi connectivity index (χ0n) is 12.5. The molecule has 0 aromatic carbocycles. The first kappa shape index (κ1) is 15.0. The topological polar surface area (TPSA) is 15.3 Å². The summed E-state index contributed by atoms with van der Waals surface area (Å²) in [6.07, 6.45) is 4.02. The van der Waals surface area contributed by atoms with Crippen LogP contribution in [-0.2, 0) is 0 Å². The van der Waals surface area contributed by atoms with E-state index >= 15 is 0 Å². The Morgan fingerprint density at radius 1 is 1.24 bits per heavy atom. The number of nitrogens with zero attached hydrogens (tertiary/aromatic N) is 1. The van der Waals surface area contributed by atoms with Gasteiger partial charge in [0.05, 0.1) is 0 Å². The lowest BCUT2D eigenvalue weighted by molar-refractivity contribution is 0.148. The second kappa shape index (κ2) is 7.38. The molecule has 0 aromatic heterocycles. The number of hydrogen-bond acceptors (Lipinski definition) is 2. The van der Waals surface area contributed by atoms with Crippen LogP contribution in [0.5, 0.6) is 0 Å². The minimum Gasteiger partial charge on any atom is -0.311 e. The summed E-state index contributed by atoms with van der Waals surface area (Å²) in [4.78, 5) is 2.60. The fourth-order valence-corrected chi connectivity index (χ4v) is 3.04. The maximum atomic E-state index is 3.85. The molecule has 0 aromatic rings. The third-order valence-electron chi connectivity index (χ3n) is 4.42. The molecule has 2 heteroatoms. The van der Waals surface area contributed by atoms with Crippen LogP contribution in [-0.4, -0.2) is 36.6 Å². The van der Waals surface area contributed by atoms with Crippen LogP contribution in [0.2, 0.25) is 0 Å². The van der Waals surface area contributed by atoms with E-state index in [9.17, 15) is 0 Å². The lowest BCUT2D eigenvalue weighted by Gasteiger charge is -2.37. The number of hydrogen-bond donors (Lipinski definition) is 1. The molecule has 1 aliphatic rings. The van der Waals surface area contributed by atoms with Gasteiger partial charge in [0.1, 0.15) is 0 Å². The molecule has 3 unspecified atom stereocenters. The molecule has 102 valence electrons. The molecular weight excluding hydrogens is 208 g/mol. The lowest BCUT2D eigenvalue weighted by atomic mass is 9.90. The van der Waals surface area contributed by atoms with Gasteiger partial charge in [-0.25, -0.2) is 0 Å². The normalized spacial score (nSPS) is 26.1. The van der Waals surface area contributed by atoms with Gasteiger partial charge in [0.2, 0.25) is 0 Å². The van der Waals surface area contributed by atoms with Gasteiger partial charge in [-0.2, -0.15) is 0 Å². The Morgan fingerprint density at radius 2 is 1.94 bits per heavy atom. The van der Waals surface area contributed by atoms with Crippen LogP contribution in [0.3, 0.4) is 0 Å². The maximum Gasteiger partial charge on any atom is 0.00900 e. The summed E-state index contributed by atoms with van der Waals surface area (Å²) >= 11 is 0. The zero-order chi connectivity index (χ0) is 12.8. The summed E-state index contributed by atoms with van der Waals surface area (Å²) in [6, 6.07) is 1.35. The van der Waals surface area contributed by atoms with Gasteiger partial charge in [0.15, 0.2) is 0 Å². The quantitative estimate of drug-likeness (QED) is 0.767. The average molecular weight is 240 g/mol. The highest BCUT2D eigenvalue weighted by atomic mass is 15.1. The number of rotatable bonds is 6.